The van der Waals surface area contributed by atoms with E-state index >= 15 is 0 Å². The van der Waals surface area contributed by atoms with Gasteiger partial charge in [-0.25, -0.2) is 0 Å². The summed E-state index contributed by atoms with van der Waals surface area (Å²) in [4.78, 5) is 6.72. The van der Waals surface area contributed by atoms with Crippen molar-refractivity contribution in [1.82, 2.24) is 20.0 Å². The van der Waals surface area contributed by atoms with Gasteiger partial charge >= 0.3 is 0 Å². The van der Waals surface area contributed by atoms with Crippen molar-refractivity contribution in [2.45, 2.75) is 19.8 Å². The molecule has 21 heavy (non-hydrogen) atoms. The van der Waals surface area contributed by atoms with Crippen molar-refractivity contribution in [2.24, 2.45) is 5.92 Å². The average Bonchev–Trinajstić information content (AvgIpc) is 2.79. The van der Waals surface area contributed by atoms with Crippen molar-refractivity contribution in [1.29, 1.82) is 10.8 Å². The molecule has 1 atom stereocenters. The van der Waals surface area contributed by atoms with E-state index < -0.39 is 0 Å². The third-order valence-electron chi connectivity index (χ3n) is 4.48. The highest BCUT2D eigenvalue weighted by molar-refractivity contribution is 5.80. The topological polar surface area (TPSA) is 69.5 Å². The zero-order valence-electron chi connectivity index (χ0n) is 13.5. The van der Waals surface area contributed by atoms with Crippen molar-refractivity contribution in [3.8, 4) is 0 Å². The highest BCUT2D eigenvalue weighted by Gasteiger charge is 2.24. The van der Waals surface area contributed by atoms with Gasteiger partial charge in [-0.15, -0.1) is 0 Å². The third kappa shape index (κ3) is 4.97. The number of hydrogen-bond donors (Lipinski definition) is 3. The van der Waals surface area contributed by atoms with Gasteiger partial charge in [0.15, 0.2) is 0 Å². The van der Waals surface area contributed by atoms with Crippen LogP contribution in [0.5, 0.6) is 0 Å². The molecule has 0 aromatic heterocycles. The molecule has 1 unspecified atom stereocenters. The molecular weight excluding hydrogens is 264 g/mol. The molecule has 2 heterocycles. The van der Waals surface area contributed by atoms with E-state index in [-0.39, 0.29) is 0 Å². The predicted octanol–water partition coefficient (Wildman–Crippen LogP) is 0.510. The fourth-order valence-corrected chi connectivity index (χ4v) is 3.24. The largest absolute Gasteiger partial charge is 0.359 e. The molecule has 2 fully saturated rings. The molecule has 2 saturated heterocycles. The summed E-state index contributed by atoms with van der Waals surface area (Å²) < 4.78 is 0. The van der Waals surface area contributed by atoms with Crippen LogP contribution in [0.1, 0.15) is 19.8 Å². The Morgan fingerprint density at radius 3 is 2.62 bits per heavy atom. The lowest BCUT2D eigenvalue weighted by atomic mass is 10.0. The van der Waals surface area contributed by atoms with E-state index in [4.69, 9.17) is 10.8 Å². The fourth-order valence-electron chi connectivity index (χ4n) is 3.24. The number of likely N-dealkylation sites (N-methyl/N-ethyl adjacent to an activating group) is 1. The fraction of sp³-hybridized carbons (Fsp3) is 0.867. The molecule has 2 rings (SSSR count). The molecular formula is C15H30N6. The van der Waals surface area contributed by atoms with E-state index in [0.29, 0.717) is 11.8 Å². The van der Waals surface area contributed by atoms with Gasteiger partial charge in [-0.3, -0.25) is 10.8 Å². The van der Waals surface area contributed by atoms with Crippen molar-refractivity contribution >= 4 is 11.7 Å². The second-order valence-electron chi connectivity index (χ2n) is 6.40. The summed E-state index contributed by atoms with van der Waals surface area (Å²) in [7, 11) is 2.15. The Kier molecular flexibility index (Phi) is 5.99. The summed E-state index contributed by atoms with van der Waals surface area (Å²) in [5.74, 6) is 1.88. The SMILES string of the molecule is CC(=N)N1CCN(C)CC(CC(=N)N2CCCNCC2)C1. The molecule has 0 aliphatic carbocycles. The zero-order chi connectivity index (χ0) is 15.2. The van der Waals surface area contributed by atoms with Gasteiger partial charge in [-0.2, -0.15) is 0 Å². The Hall–Kier alpha value is -1.14. The third-order valence-corrected chi connectivity index (χ3v) is 4.48. The number of nitrogens with one attached hydrogen (secondary N) is 3. The van der Waals surface area contributed by atoms with Crippen LogP contribution >= 0.6 is 0 Å². The van der Waals surface area contributed by atoms with Crippen LogP contribution in [-0.4, -0.2) is 85.8 Å². The Bertz CT molecular complexity index is 361. The number of hydrogen-bond acceptors (Lipinski definition) is 4. The van der Waals surface area contributed by atoms with Gasteiger partial charge in [-0.05, 0) is 32.9 Å². The van der Waals surface area contributed by atoms with Crippen LogP contribution in [0, 0.1) is 16.7 Å². The maximum atomic E-state index is 8.43. The summed E-state index contributed by atoms with van der Waals surface area (Å²) in [5.41, 5.74) is 0. The molecule has 2 aliphatic heterocycles. The molecule has 0 saturated carbocycles. The summed E-state index contributed by atoms with van der Waals surface area (Å²) in [5, 5.41) is 19.7. The molecule has 0 aromatic rings. The summed E-state index contributed by atoms with van der Waals surface area (Å²) in [6, 6.07) is 0. The van der Waals surface area contributed by atoms with Crippen LogP contribution < -0.4 is 5.32 Å². The Morgan fingerprint density at radius 1 is 1.05 bits per heavy atom. The van der Waals surface area contributed by atoms with Crippen molar-refractivity contribution in [3.63, 3.8) is 0 Å². The van der Waals surface area contributed by atoms with E-state index in [1.165, 1.54) is 0 Å². The Labute approximate surface area is 128 Å². The van der Waals surface area contributed by atoms with Gasteiger partial charge in [0.1, 0.15) is 0 Å². The first-order chi connectivity index (χ1) is 10.1. The van der Waals surface area contributed by atoms with Crippen LogP contribution in [0.4, 0.5) is 0 Å². The Balaban J connectivity index is 1.92. The van der Waals surface area contributed by atoms with Gasteiger partial charge in [0, 0.05) is 52.2 Å². The van der Waals surface area contributed by atoms with E-state index in [0.717, 1.165) is 71.0 Å². The lowest BCUT2D eigenvalue weighted by molar-refractivity contribution is 0.306. The van der Waals surface area contributed by atoms with E-state index in [1.807, 2.05) is 6.92 Å². The maximum absolute atomic E-state index is 8.43. The minimum Gasteiger partial charge on any atom is -0.359 e. The standard InChI is InChI=1S/C15H30N6/c1-13(16)21-9-8-19(2)11-14(12-21)10-15(17)20-6-3-4-18-5-7-20/h14,16-18H,3-12H2,1-2H3. The molecule has 3 N–H and O–H groups in total. The normalized spacial score (nSPS) is 25.3. The molecule has 0 spiro atoms. The van der Waals surface area contributed by atoms with Crippen molar-refractivity contribution in [3.05, 3.63) is 0 Å². The van der Waals surface area contributed by atoms with Gasteiger partial charge < -0.3 is 20.0 Å². The highest BCUT2D eigenvalue weighted by atomic mass is 15.2. The lowest BCUT2D eigenvalue weighted by Crippen LogP contribution is -2.38. The molecule has 6 nitrogen and oxygen atoms in total. The minimum atomic E-state index is 0.446. The zero-order valence-corrected chi connectivity index (χ0v) is 13.5. The molecule has 0 radical (unpaired) electrons. The lowest BCUT2D eigenvalue weighted by Gasteiger charge is -2.28. The first kappa shape index (κ1) is 16.2. The molecule has 0 amide bonds. The monoisotopic (exact) mass is 294 g/mol. The van der Waals surface area contributed by atoms with Crippen LogP contribution in [0.25, 0.3) is 0 Å². The summed E-state index contributed by atoms with van der Waals surface area (Å²) in [6.07, 6.45) is 1.95. The summed E-state index contributed by atoms with van der Waals surface area (Å²) >= 11 is 0. The van der Waals surface area contributed by atoms with Crippen LogP contribution in [0.3, 0.4) is 0 Å². The van der Waals surface area contributed by atoms with E-state index in [1.54, 1.807) is 0 Å². The first-order valence-electron chi connectivity index (χ1n) is 8.08. The minimum absolute atomic E-state index is 0.446. The Morgan fingerprint density at radius 2 is 1.86 bits per heavy atom. The maximum Gasteiger partial charge on any atom is 0.0962 e. The van der Waals surface area contributed by atoms with Crippen LogP contribution in [0.15, 0.2) is 0 Å². The summed E-state index contributed by atoms with van der Waals surface area (Å²) in [6.45, 7) is 9.75. The van der Waals surface area contributed by atoms with E-state index in [2.05, 4.69) is 27.1 Å². The molecule has 120 valence electrons. The molecule has 0 bridgehead atoms. The van der Waals surface area contributed by atoms with Gasteiger partial charge in [0.2, 0.25) is 0 Å². The number of rotatable bonds is 2. The molecule has 2 aliphatic rings. The van der Waals surface area contributed by atoms with Gasteiger partial charge in [-0.1, -0.05) is 0 Å². The van der Waals surface area contributed by atoms with Gasteiger partial charge in [0.05, 0.1) is 11.7 Å². The number of amidine groups is 2. The molecule has 0 aromatic carbocycles. The van der Waals surface area contributed by atoms with Crippen LogP contribution in [0.2, 0.25) is 0 Å². The first-order valence-corrected chi connectivity index (χ1v) is 8.08. The number of nitrogens with zero attached hydrogens (tertiary/aromatic N) is 3. The van der Waals surface area contributed by atoms with Gasteiger partial charge in [0.25, 0.3) is 0 Å². The average molecular weight is 294 g/mol. The smallest absolute Gasteiger partial charge is 0.0962 e. The second kappa shape index (κ2) is 7.75. The molecule has 6 heteroatoms. The van der Waals surface area contributed by atoms with E-state index in [9.17, 15) is 0 Å². The quantitative estimate of drug-likeness (QED) is 0.513. The van der Waals surface area contributed by atoms with Crippen molar-refractivity contribution in [2.75, 3.05) is 59.4 Å². The second-order valence-corrected chi connectivity index (χ2v) is 6.40. The van der Waals surface area contributed by atoms with Crippen molar-refractivity contribution < 1.29 is 0 Å². The van der Waals surface area contributed by atoms with Crippen LogP contribution in [-0.2, 0) is 0 Å². The highest BCUT2D eigenvalue weighted by Crippen LogP contribution is 2.15. The predicted molar refractivity (Wildman–Crippen MR) is 87.4 cm³/mol.